The van der Waals surface area contributed by atoms with Crippen LogP contribution >= 0.6 is 15.5 Å². The summed E-state index contributed by atoms with van der Waals surface area (Å²) in [5.74, 6) is 0. The number of hydrogen-bond donors (Lipinski definition) is 6. The Bertz CT molecular complexity index is 246. The Hall–Kier alpha value is 0.220. The van der Waals surface area contributed by atoms with Crippen LogP contribution in [-0.2, 0) is 9.13 Å². The lowest BCUT2D eigenvalue weighted by molar-refractivity contribution is 0.352. The predicted molar refractivity (Wildman–Crippen MR) is 58.6 cm³/mol. The zero-order valence-electron chi connectivity index (χ0n) is 8.74. The second kappa shape index (κ2) is 7.53. The van der Waals surface area contributed by atoms with Gasteiger partial charge in [-0.2, -0.15) is 0 Å². The Morgan fingerprint density at radius 2 is 1.00 bits per heavy atom. The fraction of sp³-hybridized carbons (Fsp3) is 1.00. The molecule has 0 atom stereocenters. The molecule has 0 fully saturated rings. The average molecular weight is 276 g/mol. The first-order valence-electron chi connectivity index (χ1n) is 4.82. The fourth-order valence-corrected chi connectivity index (χ4v) is 1.95. The van der Waals surface area contributed by atoms with Crippen molar-refractivity contribution in [2.24, 2.45) is 0 Å². The van der Waals surface area contributed by atoms with Crippen molar-refractivity contribution in [3.63, 3.8) is 0 Å². The van der Waals surface area contributed by atoms with E-state index in [9.17, 15) is 9.13 Å². The van der Waals surface area contributed by atoms with Crippen molar-refractivity contribution in [2.75, 3.05) is 13.1 Å². The summed E-state index contributed by atoms with van der Waals surface area (Å²) < 4.78 is 20.7. The minimum atomic E-state index is -4.11. The number of rotatable bonds is 9. The van der Waals surface area contributed by atoms with E-state index in [2.05, 4.69) is 10.2 Å². The summed E-state index contributed by atoms with van der Waals surface area (Å²) in [6.07, 6.45) is 2.72. The number of unbranched alkanes of at least 4 members (excludes halogenated alkanes) is 3. The second-order valence-electron chi connectivity index (χ2n) is 3.32. The summed E-state index contributed by atoms with van der Waals surface area (Å²) in [5, 5.41) is 4.13. The second-order valence-corrected chi connectivity index (χ2v) is 6.13. The SMILES string of the molecule is O=P(O)(O)NCCCCCCNP(=O)(O)O. The molecule has 0 aromatic rings. The van der Waals surface area contributed by atoms with Gasteiger partial charge in [-0.1, -0.05) is 12.8 Å². The molecule has 6 N–H and O–H groups in total. The standard InChI is InChI=1S/C6H18N2O6P2/c9-15(10,11)7-5-3-1-2-4-6-8-16(12,13)14/h1-6H2,(H3,7,9,10,11)(H3,8,12,13,14). The Morgan fingerprint density at radius 1 is 0.688 bits per heavy atom. The van der Waals surface area contributed by atoms with Crippen LogP contribution in [0.25, 0.3) is 0 Å². The molecule has 0 aliphatic carbocycles. The summed E-state index contributed by atoms with van der Waals surface area (Å²) in [6.45, 7) is 0.465. The summed E-state index contributed by atoms with van der Waals surface area (Å²) in [5.41, 5.74) is 0. The van der Waals surface area contributed by atoms with E-state index in [1.165, 1.54) is 0 Å². The molecular formula is C6H18N2O6P2. The molecule has 8 nitrogen and oxygen atoms in total. The average Bonchev–Trinajstić information content (AvgIpc) is 2.06. The third kappa shape index (κ3) is 14.2. The lowest BCUT2D eigenvalue weighted by Gasteiger charge is -2.07. The molecule has 0 rings (SSSR count). The molecule has 10 heteroatoms. The quantitative estimate of drug-likeness (QED) is 0.254. The molecule has 0 radical (unpaired) electrons. The van der Waals surface area contributed by atoms with E-state index in [-0.39, 0.29) is 13.1 Å². The van der Waals surface area contributed by atoms with Crippen molar-refractivity contribution in [3.05, 3.63) is 0 Å². The van der Waals surface area contributed by atoms with Crippen LogP contribution in [-0.4, -0.2) is 32.7 Å². The Morgan fingerprint density at radius 3 is 1.25 bits per heavy atom. The van der Waals surface area contributed by atoms with Gasteiger partial charge in [0.05, 0.1) is 0 Å². The largest absolute Gasteiger partial charge is 0.400 e. The molecule has 0 saturated carbocycles. The minimum absolute atomic E-state index is 0.232. The van der Waals surface area contributed by atoms with Gasteiger partial charge in [0.1, 0.15) is 0 Å². The molecule has 0 aliphatic rings. The third-order valence-electron chi connectivity index (χ3n) is 1.74. The summed E-state index contributed by atoms with van der Waals surface area (Å²) in [6, 6.07) is 0. The van der Waals surface area contributed by atoms with Crippen LogP contribution in [0.15, 0.2) is 0 Å². The van der Waals surface area contributed by atoms with Gasteiger partial charge in [-0.15, -0.1) is 0 Å². The van der Waals surface area contributed by atoms with E-state index in [1.807, 2.05) is 0 Å². The van der Waals surface area contributed by atoms with Crippen LogP contribution in [0.3, 0.4) is 0 Å². The third-order valence-corrected chi connectivity index (χ3v) is 3.01. The van der Waals surface area contributed by atoms with Gasteiger partial charge >= 0.3 is 15.5 Å². The van der Waals surface area contributed by atoms with Gasteiger partial charge in [-0.3, -0.25) is 0 Å². The van der Waals surface area contributed by atoms with Gasteiger partial charge in [0, 0.05) is 13.1 Å². The molecule has 0 aromatic heterocycles. The van der Waals surface area contributed by atoms with Crippen molar-refractivity contribution < 1.29 is 28.7 Å². The van der Waals surface area contributed by atoms with Crippen LogP contribution in [0.2, 0.25) is 0 Å². The smallest absolute Gasteiger partial charge is 0.313 e. The first-order valence-corrected chi connectivity index (χ1v) is 8.04. The van der Waals surface area contributed by atoms with E-state index in [4.69, 9.17) is 19.6 Å². The lowest BCUT2D eigenvalue weighted by Crippen LogP contribution is -2.12. The fourth-order valence-electron chi connectivity index (χ4n) is 1.05. The predicted octanol–water partition coefficient (Wildman–Crippen LogP) is -0.0886. The highest BCUT2D eigenvalue weighted by atomic mass is 31.2. The van der Waals surface area contributed by atoms with Crippen LogP contribution in [0, 0.1) is 0 Å². The monoisotopic (exact) mass is 276 g/mol. The topological polar surface area (TPSA) is 139 Å². The van der Waals surface area contributed by atoms with Crippen LogP contribution in [0.5, 0.6) is 0 Å². The highest BCUT2D eigenvalue weighted by Gasteiger charge is 2.10. The van der Waals surface area contributed by atoms with Crippen molar-refractivity contribution in [2.45, 2.75) is 25.7 Å². The molecule has 0 aromatic carbocycles. The zero-order valence-corrected chi connectivity index (χ0v) is 10.5. The van der Waals surface area contributed by atoms with Gasteiger partial charge < -0.3 is 19.6 Å². The number of hydrogen-bond acceptors (Lipinski definition) is 2. The van der Waals surface area contributed by atoms with Crippen LogP contribution in [0.1, 0.15) is 25.7 Å². The summed E-state index contributed by atoms with van der Waals surface area (Å²) in [4.78, 5) is 33.8. The highest BCUT2D eigenvalue weighted by Crippen LogP contribution is 2.28. The van der Waals surface area contributed by atoms with Crippen molar-refractivity contribution in [1.82, 2.24) is 10.2 Å². The summed E-state index contributed by atoms with van der Waals surface area (Å²) in [7, 11) is -8.23. The van der Waals surface area contributed by atoms with Crippen molar-refractivity contribution in [3.8, 4) is 0 Å². The summed E-state index contributed by atoms with van der Waals surface area (Å²) >= 11 is 0. The maximum Gasteiger partial charge on any atom is 0.400 e. The van der Waals surface area contributed by atoms with Crippen molar-refractivity contribution >= 4 is 15.5 Å². The molecular weight excluding hydrogens is 258 g/mol. The molecule has 0 heterocycles. The highest BCUT2D eigenvalue weighted by molar-refractivity contribution is 7.49. The maximum absolute atomic E-state index is 10.4. The van der Waals surface area contributed by atoms with E-state index >= 15 is 0 Å². The van der Waals surface area contributed by atoms with Crippen molar-refractivity contribution in [1.29, 1.82) is 0 Å². The molecule has 0 aliphatic heterocycles. The van der Waals surface area contributed by atoms with E-state index in [0.717, 1.165) is 12.8 Å². The zero-order chi connectivity index (χ0) is 12.7. The van der Waals surface area contributed by atoms with Crippen LogP contribution < -0.4 is 10.2 Å². The van der Waals surface area contributed by atoms with Gasteiger partial charge in [-0.05, 0) is 12.8 Å². The van der Waals surface area contributed by atoms with E-state index < -0.39 is 15.5 Å². The molecule has 0 amide bonds. The van der Waals surface area contributed by atoms with Gasteiger partial charge in [0.25, 0.3) is 0 Å². The van der Waals surface area contributed by atoms with Gasteiger partial charge in [0.2, 0.25) is 0 Å². The first kappa shape index (κ1) is 16.2. The Labute approximate surface area is 93.9 Å². The van der Waals surface area contributed by atoms with Gasteiger partial charge in [0.15, 0.2) is 0 Å². The Kier molecular flexibility index (Phi) is 7.63. The van der Waals surface area contributed by atoms with Gasteiger partial charge in [-0.25, -0.2) is 19.3 Å². The molecule has 0 saturated heterocycles. The number of nitrogens with one attached hydrogen (secondary N) is 2. The molecule has 0 bridgehead atoms. The molecule has 0 unspecified atom stereocenters. The Balaban J connectivity index is 3.23. The first-order chi connectivity index (χ1) is 7.21. The molecule has 0 spiro atoms. The van der Waals surface area contributed by atoms with E-state index in [0.29, 0.717) is 12.8 Å². The van der Waals surface area contributed by atoms with Crippen LogP contribution in [0.4, 0.5) is 0 Å². The maximum atomic E-state index is 10.4. The normalized spacial score (nSPS) is 13.0. The minimum Gasteiger partial charge on any atom is -0.313 e. The lowest BCUT2D eigenvalue weighted by atomic mass is 10.2. The van der Waals surface area contributed by atoms with E-state index in [1.54, 1.807) is 0 Å². The molecule has 98 valence electrons. The molecule has 16 heavy (non-hydrogen) atoms.